The van der Waals surface area contributed by atoms with E-state index in [1.54, 1.807) is 0 Å². The molecule has 0 radical (unpaired) electrons. The first-order chi connectivity index (χ1) is 8.40. The first-order valence-corrected chi connectivity index (χ1v) is 7.40. The number of halogens is 1. The summed E-state index contributed by atoms with van der Waals surface area (Å²) in [7, 11) is -3.60. The highest BCUT2D eigenvalue weighted by atomic mass is 32.2. The Hall–Kier alpha value is -0.980. The summed E-state index contributed by atoms with van der Waals surface area (Å²) < 4.78 is 39.5. The molecule has 0 amide bonds. The van der Waals surface area contributed by atoms with Gasteiger partial charge in [0, 0.05) is 12.6 Å². The molecule has 1 aliphatic carbocycles. The molecule has 4 nitrogen and oxygen atoms in total. The molecule has 1 aliphatic rings. The number of aryl methyl sites for hydroxylation is 1. The maximum atomic E-state index is 13.1. The topological polar surface area (TPSA) is 72.2 Å². The molecule has 6 heteroatoms. The van der Waals surface area contributed by atoms with Gasteiger partial charge in [-0.3, -0.25) is 0 Å². The van der Waals surface area contributed by atoms with Gasteiger partial charge >= 0.3 is 0 Å². The molecule has 18 heavy (non-hydrogen) atoms. The first kappa shape index (κ1) is 13.5. The quantitative estimate of drug-likeness (QED) is 0.844. The van der Waals surface area contributed by atoms with Crippen LogP contribution in [0.5, 0.6) is 0 Å². The molecular formula is C12H17FN2O2S. The lowest BCUT2D eigenvalue weighted by atomic mass is 10.2. The Bertz CT molecular complexity index is 541. The minimum absolute atomic E-state index is 0.0735. The zero-order valence-corrected chi connectivity index (χ0v) is 11.0. The molecule has 0 aliphatic heterocycles. The molecule has 1 fully saturated rings. The second kappa shape index (κ2) is 4.95. The Labute approximate surface area is 106 Å². The van der Waals surface area contributed by atoms with Crippen LogP contribution in [0.1, 0.15) is 18.4 Å². The molecule has 1 atom stereocenters. The Morgan fingerprint density at radius 3 is 2.72 bits per heavy atom. The van der Waals surface area contributed by atoms with Gasteiger partial charge in [-0.25, -0.2) is 17.5 Å². The average Bonchev–Trinajstić information content (AvgIpc) is 3.13. The second-order valence-electron chi connectivity index (χ2n) is 4.76. The maximum absolute atomic E-state index is 13.1. The Morgan fingerprint density at radius 2 is 2.17 bits per heavy atom. The predicted molar refractivity (Wildman–Crippen MR) is 67.0 cm³/mol. The number of sulfonamides is 1. The summed E-state index contributed by atoms with van der Waals surface area (Å²) in [5.41, 5.74) is 6.14. The first-order valence-electron chi connectivity index (χ1n) is 5.91. The number of nitrogens with two attached hydrogens (primary N) is 1. The molecule has 1 unspecified atom stereocenters. The van der Waals surface area contributed by atoms with Crippen molar-refractivity contribution in [3.05, 3.63) is 29.6 Å². The summed E-state index contributed by atoms with van der Waals surface area (Å²) >= 11 is 0. The van der Waals surface area contributed by atoms with Crippen LogP contribution in [-0.4, -0.2) is 21.0 Å². The fraction of sp³-hybridized carbons (Fsp3) is 0.500. The van der Waals surface area contributed by atoms with Gasteiger partial charge in [0.1, 0.15) is 5.82 Å². The zero-order valence-electron chi connectivity index (χ0n) is 10.2. The molecule has 0 spiro atoms. The van der Waals surface area contributed by atoms with Crippen molar-refractivity contribution in [1.82, 2.24) is 4.72 Å². The standard InChI is InChI=1S/C12H17FN2O2S/c1-8-6-10(4-5-11(8)13)18(16,17)15-7-12(14)9-2-3-9/h4-6,9,12,15H,2-3,7,14H2,1H3. The van der Waals surface area contributed by atoms with E-state index in [0.29, 0.717) is 11.5 Å². The van der Waals surface area contributed by atoms with Crippen LogP contribution in [0.3, 0.4) is 0 Å². The molecule has 3 N–H and O–H groups in total. The second-order valence-corrected chi connectivity index (χ2v) is 6.53. The van der Waals surface area contributed by atoms with E-state index in [1.165, 1.54) is 19.1 Å². The number of hydrogen-bond donors (Lipinski definition) is 2. The summed E-state index contributed by atoms with van der Waals surface area (Å²) in [5, 5.41) is 0. The molecule has 0 aromatic heterocycles. The van der Waals surface area contributed by atoms with Crippen molar-refractivity contribution in [1.29, 1.82) is 0 Å². The van der Waals surface area contributed by atoms with Crippen molar-refractivity contribution in [2.45, 2.75) is 30.7 Å². The molecule has 100 valence electrons. The van der Waals surface area contributed by atoms with Crippen LogP contribution in [0.15, 0.2) is 23.1 Å². The number of benzene rings is 1. The summed E-state index contributed by atoms with van der Waals surface area (Å²) in [6.07, 6.45) is 2.14. The highest BCUT2D eigenvalue weighted by molar-refractivity contribution is 7.89. The minimum Gasteiger partial charge on any atom is -0.326 e. The molecule has 0 heterocycles. The molecule has 1 aromatic carbocycles. The molecule has 0 saturated heterocycles. The minimum atomic E-state index is -3.60. The van der Waals surface area contributed by atoms with E-state index in [1.807, 2.05) is 0 Å². The third kappa shape index (κ3) is 3.07. The van der Waals surface area contributed by atoms with E-state index >= 15 is 0 Å². The van der Waals surface area contributed by atoms with E-state index in [4.69, 9.17) is 5.73 Å². The van der Waals surface area contributed by atoms with Gasteiger partial charge < -0.3 is 5.73 Å². The van der Waals surface area contributed by atoms with Crippen LogP contribution in [0.4, 0.5) is 4.39 Å². The number of rotatable bonds is 5. The van der Waals surface area contributed by atoms with E-state index in [-0.39, 0.29) is 17.5 Å². The Balaban J connectivity index is 2.07. The number of nitrogens with one attached hydrogen (secondary N) is 1. The summed E-state index contributed by atoms with van der Waals surface area (Å²) in [6.45, 7) is 1.76. The predicted octanol–water partition coefficient (Wildman–Crippen LogP) is 1.15. The van der Waals surface area contributed by atoms with Crippen LogP contribution in [0.25, 0.3) is 0 Å². The molecular weight excluding hydrogens is 255 g/mol. The monoisotopic (exact) mass is 272 g/mol. The summed E-state index contributed by atoms with van der Waals surface area (Å²) in [5.74, 6) is 0.0197. The number of hydrogen-bond acceptors (Lipinski definition) is 3. The van der Waals surface area contributed by atoms with Crippen molar-refractivity contribution in [2.75, 3.05) is 6.54 Å². The van der Waals surface area contributed by atoms with Gasteiger partial charge in [0.25, 0.3) is 0 Å². The third-order valence-electron chi connectivity index (χ3n) is 3.18. The Morgan fingerprint density at radius 1 is 1.50 bits per heavy atom. The fourth-order valence-electron chi connectivity index (χ4n) is 1.76. The maximum Gasteiger partial charge on any atom is 0.240 e. The van der Waals surface area contributed by atoms with E-state index < -0.39 is 15.8 Å². The van der Waals surface area contributed by atoms with Crippen molar-refractivity contribution in [3.8, 4) is 0 Å². The highest BCUT2D eigenvalue weighted by Gasteiger charge is 2.29. The lowest BCUT2D eigenvalue weighted by Gasteiger charge is -2.12. The highest BCUT2D eigenvalue weighted by Crippen LogP contribution is 2.31. The van der Waals surface area contributed by atoms with E-state index in [9.17, 15) is 12.8 Å². The SMILES string of the molecule is Cc1cc(S(=O)(=O)NCC(N)C2CC2)ccc1F. The van der Waals surface area contributed by atoms with Gasteiger partial charge in [-0.05, 0) is 49.4 Å². The molecule has 1 saturated carbocycles. The van der Waals surface area contributed by atoms with Crippen LogP contribution in [0, 0.1) is 18.7 Å². The third-order valence-corrected chi connectivity index (χ3v) is 4.60. The van der Waals surface area contributed by atoms with Gasteiger partial charge in [0.2, 0.25) is 10.0 Å². The van der Waals surface area contributed by atoms with Crippen molar-refractivity contribution in [3.63, 3.8) is 0 Å². The summed E-state index contributed by atoms with van der Waals surface area (Å²) in [6, 6.07) is 3.60. The van der Waals surface area contributed by atoms with Gasteiger partial charge in [0.15, 0.2) is 0 Å². The summed E-state index contributed by atoms with van der Waals surface area (Å²) in [4.78, 5) is 0.0735. The average molecular weight is 272 g/mol. The van der Waals surface area contributed by atoms with E-state index in [2.05, 4.69) is 4.72 Å². The van der Waals surface area contributed by atoms with E-state index in [0.717, 1.165) is 18.9 Å². The van der Waals surface area contributed by atoms with Gasteiger partial charge in [-0.15, -0.1) is 0 Å². The molecule has 2 rings (SSSR count). The van der Waals surface area contributed by atoms with Crippen molar-refractivity contribution >= 4 is 10.0 Å². The zero-order chi connectivity index (χ0) is 13.3. The van der Waals surface area contributed by atoms with Crippen molar-refractivity contribution < 1.29 is 12.8 Å². The van der Waals surface area contributed by atoms with Gasteiger partial charge in [-0.1, -0.05) is 0 Å². The normalized spacial score (nSPS) is 17.7. The largest absolute Gasteiger partial charge is 0.326 e. The van der Waals surface area contributed by atoms with Gasteiger partial charge in [-0.2, -0.15) is 0 Å². The van der Waals surface area contributed by atoms with Crippen molar-refractivity contribution in [2.24, 2.45) is 11.7 Å². The van der Waals surface area contributed by atoms with Gasteiger partial charge in [0.05, 0.1) is 4.90 Å². The smallest absolute Gasteiger partial charge is 0.240 e. The lowest BCUT2D eigenvalue weighted by molar-refractivity contribution is 0.547. The molecule has 0 bridgehead atoms. The molecule has 1 aromatic rings. The van der Waals surface area contributed by atoms with Crippen LogP contribution >= 0.6 is 0 Å². The lowest BCUT2D eigenvalue weighted by Crippen LogP contribution is -2.38. The van der Waals surface area contributed by atoms with Crippen LogP contribution in [0.2, 0.25) is 0 Å². The van der Waals surface area contributed by atoms with Crippen LogP contribution < -0.4 is 10.5 Å². The fourth-order valence-corrected chi connectivity index (χ4v) is 2.92. The van der Waals surface area contributed by atoms with Crippen LogP contribution in [-0.2, 0) is 10.0 Å². The Kier molecular flexibility index (Phi) is 3.70.